The van der Waals surface area contributed by atoms with Crippen molar-refractivity contribution in [3.63, 3.8) is 0 Å². The van der Waals surface area contributed by atoms with E-state index >= 15 is 0 Å². The largest absolute Gasteiger partial charge is 0.317 e. The Morgan fingerprint density at radius 2 is 1.61 bits per heavy atom. The minimum Gasteiger partial charge on any atom is -0.317 e. The Morgan fingerprint density at radius 3 is 2.22 bits per heavy atom. The number of hydrogen-bond acceptors (Lipinski definition) is 2. The van der Waals surface area contributed by atoms with Crippen molar-refractivity contribution in [3.8, 4) is 0 Å². The van der Waals surface area contributed by atoms with Crippen molar-refractivity contribution in [2.75, 3.05) is 26.2 Å². The molecule has 0 unspecified atom stereocenters. The molecule has 1 N–H and O–H groups in total. The molecule has 0 aromatic heterocycles. The molecule has 0 radical (unpaired) electrons. The van der Waals surface area contributed by atoms with Gasteiger partial charge in [0.1, 0.15) is 0 Å². The first-order chi connectivity index (χ1) is 8.74. The molecule has 2 aliphatic carbocycles. The van der Waals surface area contributed by atoms with E-state index in [4.69, 9.17) is 0 Å². The van der Waals surface area contributed by atoms with Crippen LogP contribution in [-0.2, 0) is 0 Å². The number of hydrogen-bond donors (Lipinski definition) is 1. The molecular weight excluding hydrogens is 220 g/mol. The Morgan fingerprint density at radius 1 is 1.00 bits per heavy atom. The lowest BCUT2D eigenvalue weighted by atomic mass is 9.60. The summed E-state index contributed by atoms with van der Waals surface area (Å²) in [5.74, 6) is 3.13. The minimum absolute atomic E-state index is 0.765. The lowest BCUT2D eigenvalue weighted by Crippen LogP contribution is -2.54. The summed E-state index contributed by atoms with van der Waals surface area (Å²) in [6, 6.07) is 0.962. The quantitative estimate of drug-likeness (QED) is 0.767. The third kappa shape index (κ3) is 1.84. The first-order valence-corrected chi connectivity index (χ1v) is 8.19. The fourth-order valence-corrected chi connectivity index (χ4v) is 5.50. The molecule has 2 nitrogen and oxygen atoms in total. The van der Waals surface area contributed by atoms with Gasteiger partial charge >= 0.3 is 0 Å². The third-order valence-corrected chi connectivity index (χ3v) is 6.53. The molecule has 0 aromatic rings. The highest BCUT2D eigenvalue weighted by atomic mass is 15.2. The van der Waals surface area contributed by atoms with Gasteiger partial charge < -0.3 is 5.32 Å². The van der Waals surface area contributed by atoms with E-state index in [-0.39, 0.29) is 0 Å². The van der Waals surface area contributed by atoms with Crippen LogP contribution in [0.3, 0.4) is 0 Å². The first-order valence-electron chi connectivity index (χ1n) is 8.19. The van der Waals surface area contributed by atoms with Crippen LogP contribution < -0.4 is 5.32 Å². The Labute approximate surface area is 111 Å². The van der Waals surface area contributed by atoms with E-state index in [0.29, 0.717) is 0 Å². The highest BCUT2D eigenvalue weighted by Gasteiger charge is 2.50. The number of nitrogens with one attached hydrogen (secondary N) is 1. The van der Waals surface area contributed by atoms with E-state index < -0.39 is 0 Å². The van der Waals surface area contributed by atoms with Gasteiger partial charge in [0, 0.05) is 19.1 Å². The van der Waals surface area contributed by atoms with Crippen LogP contribution in [0.25, 0.3) is 0 Å². The highest BCUT2D eigenvalue weighted by Crippen LogP contribution is 2.52. The van der Waals surface area contributed by atoms with Crippen molar-refractivity contribution in [2.45, 2.75) is 51.5 Å². The number of likely N-dealkylation sites (tertiary alicyclic amines) is 1. The number of fused-ring (bicyclic) bond motifs is 1. The number of piperidine rings is 1. The van der Waals surface area contributed by atoms with Gasteiger partial charge in [-0.2, -0.15) is 0 Å². The summed E-state index contributed by atoms with van der Waals surface area (Å²) >= 11 is 0. The van der Waals surface area contributed by atoms with Crippen molar-refractivity contribution in [2.24, 2.45) is 23.2 Å². The normalized spacial score (nSPS) is 41.2. The maximum atomic E-state index is 3.52. The molecule has 2 aliphatic heterocycles. The predicted molar refractivity (Wildman–Crippen MR) is 74.5 cm³/mol. The zero-order chi connectivity index (χ0) is 12.2. The van der Waals surface area contributed by atoms with Crippen LogP contribution >= 0.6 is 0 Å². The predicted octanol–water partition coefficient (Wildman–Crippen LogP) is 2.50. The standard InChI is InChI=1S/C16H28N2/c1-12-6-13-10-18(11-14(13)7-12)15-8-16(9-15)2-4-17-5-3-16/h12-15,17H,2-11H2,1H3/t13-,14-/m0/s1. The van der Waals surface area contributed by atoms with Crippen molar-refractivity contribution < 1.29 is 0 Å². The molecule has 4 fully saturated rings. The van der Waals surface area contributed by atoms with Gasteiger partial charge in [-0.1, -0.05) is 6.92 Å². The molecule has 0 amide bonds. The number of rotatable bonds is 1. The van der Waals surface area contributed by atoms with Crippen LogP contribution in [-0.4, -0.2) is 37.1 Å². The smallest absolute Gasteiger partial charge is 0.0106 e. The zero-order valence-corrected chi connectivity index (χ0v) is 11.8. The van der Waals surface area contributed by atoms with E-state index in [9.17, 15) is 0 Å². The Kier molecular flexibility index (Phi) is 2.74. The van der Waals surface area contributed by atoms with Gasteiger partial charge in [-0.05, 0) is 74.8 Å². The van der Waals surface area contributed by atoms with Gasteiger partial charge in [0.05, 0.1) is 0 Å². The van der Waals surface area contributed by atoms with Gasteiger partial charge in [-0.15, -0.1) is 0 Å². The Hall–Kier alpha value is -0.0800. The van der Waals surface area contributed by atoms with Crippen LogP contribution in [0.15, 0.2) is 0 Å². The van der Waals surface area contributed by atoms with Crippen molar-refractivity contribution in [1.82, 2.24) is 10.2 Å². The van der Waals surface area contributed by atoms with Crippen molar-refractivity contribution in [3.05, 3.63) is 0 Å². The second-order valence-electron chi connectivity index (χ2n) is 7.86. The van der Waals surface area contributed by atoms with E-state index in [0.717, 1.165) is 29.2 Å². The SMILES string of the molecule is CC1C[C@H]2CN(C3CC4(CCNCC4)C3)C[C@@H]2C1. The lowest BCUT2D eigenvalue weighted by molar-refractivity contribution is -0.0143. The van der Waals surface area contributed by atoms with Gasteiger partial charge in [0.2, 0.25) is 0 Å². The van der Waals surface area contributed by atoms with Crippen LogP contribution in [0.2, 0.25) is 0 Å². The number of nitrogens with zero attached hydrogens (tertiary/aromatic N) is 1. The van der Waals surface area contributed by atoms with Crippen LogP contribution in [0.1, 0.15) is 45.4 Å². The maximum absolute atomic E-state index is 3.52. The summed E-state index contributed by atoms with van der Waals surface area (Å²) in [5, 5.41) is 3.52. The third-order valence-electron chi connectivity index (χ3n) is 6.53. The topological polar surface area (TPSA) is 15.3 Å². The molecule has 2 heteroatoms. The summed E-state index contributed by atoms with van der Waals surface area (Å²) < 4.78 is 0. The molecule has 0 bridgehead atoms. The molecule has 1 spiro atoms. The van der Waals surface area contributed by atoms with Gasteiger partial charge in [-0.25, -0.2) is 0 Å². The summed E-state index contributed by atoms with van der Waals surface area (Å²) in [6.07, 6.45) is 8.96. The first kappa shape index (κ1) is 11.7. The summed E-state index contributed by atoms with van der Waals surface area (Å²) in [7, 11) is 0. The summed E-state index contributed by atoms with van der Waals surface area (Å²) in [4.78, 5) is 2.87. The lowest BCUT2D eigenvalue weighted by Gasteiger charge is -2.53. The molecule has 2 heterocycles. The Balaban J connectivity index is 1.32. The molecule has 0 aromatic carbocycles. The molecular formula is C16H28N2. The van der Waals surface area contributed by atoms with Gasteiger partial charge in [0.15, 0.2) is 0 Å². The highest BCUT2D eigenvalue weighted by molar-refractivity contribution is 5.03. The second kappa shape index (κ2) is 4.21. The fraction of sp³-hybridized carbons (Fsp3) is 1.00. The summed E-state index contributed by atoms with van der Waals surface area (Å²) in [6.45, 7) is 7.88. The van der Waals surface area contributed by atoms with E-state index in [2.05, 4.69) is 17.1 Å². The summed E-state index contributed by atoms with van der Waals surface area (Å²) in [5.41, 5.74) is 0.765. The molecule has 2 saturated heterocycles. The molecule has 4 aliphatic rings. The van der Waals surface area contributed by atoms with Crippen LogP contribution in [0.4, 0.5) is 0 Å². The maximum Gasteiger partial charge on any atom is 0.0106 e. The minimum atomic E-state index is 0.765. The average Bonchev–Trinajstić information content (AvgIpc) is 2.83. The van der Waals surface area contributed by atoms with Crippen LogP contribution in [0, 0.1) is 23.2 Å². The van der Waals surface area contributed by atoms with E-state index in [1.807, 2.05) is 0 Å². The zero-order valence-electron chi connectivity index (χ0n) is 11.8. The molecule has 102 valence electrons. The fourth-order valence-electron chi connectivity index (χ4n) is 5.50. The Bertz CT molecular complexity index is 299. The molecule has 2 atom stereocenters. The van der Waals surface area contributed by atoms with Gasteiger partial charge in [-0.3, -0.25) is 4.90 Å². The second-order valence-corrected chi connectivity index (χ2v) is 7.86. The van der Waals surface area contributed by atoms with Crippen LogP contribution in [0.5, 0.6) is 0 Å². The average molecular weight is 248 g/mol. The van der Waals surface area contributed by atoms with Crippen molar-refractivity contribution in [1.29, 1.82) is 0 Å². The van der Waals surface area contributed by atoms with Gasteiger partial charge in [0.25, 0.3) is 0 Å². The van der Waals surface area contributed by atoms with E-state index in [1.54, 1.807) is 0 Å². The molecule has 4 rings (SSSR count). The molecule has 2 saturated carbocycles. The van der Waals surface area contributed by atoms with E-state index in [1.165, 1.54) is 64.7 Å². The van der Waals surface area contributed by atoms with Crippen molar-refractivity contribution >= 4 is 0 Å². The molecule has 18 heavy (non-hydrogen) atoms. The monoisotopic (exact) mass is 248 g/mol.